The number of aliphatic hydroxyl groups is 1. The lowest BCUT2D eigenvalue weighted by molar-refractivity contribution is -0.146. The summed E-state index contributed by atoms with van der Waals surface area (Å²) in [6.07, 6.45) is -1.66. The van der Waals surface area contributed by atoms with Crippen LogP contribution in [0.3, 0.4) is 0 Å². The van der Waals surface area contributed by atoms with E-state index in [2.05, 4.69) is 0 Å². The lowest BCUT2D eigenvalue weighted by atomic mass is 10.1. The zero-order valence-corrected chi connectivity index (χ0v) is 13.2. The summed E-state index contributed by atoms with van der Waals surface area (Å²) >= 11 is 0. The highest BCUT2D eigenvalue weighted by atomic mass is 16.5. The second-order valence-electron chi connectivity index (χ2n) is 5.40. The fraction of sp³-hybridized carbons (Fsp3) is 0.316. The van der Waals surface area contributed by atoms with Crippen LogP contribution in [0, 0.1) is 0 Å². The van der Waals surface area contributed by atoms with E-state index < -0.39 is 18.3 Å². The average Bonchev–Trinajstić information content (AvgIpc) is 2.59. The highest BCUT2D eigenvalue weighted by molar-refractivity contribution is 5.57. The fourth-order valence-corrected chi connectivity index (χ4v) is 2.25. The summed E-state index contributed by atoms with van der Waals surface area (Å²) in [5.41, 5.74) is 1.94. The van der Waals surface area contributed by atoms with Gasteiger partial charge in [0.25, 0.3) is 0 Å². The fourth-order valence-electron chi connectivity index (χ4n) is 2.25. The van der Waals surface area contributed by atoms with Crippen LogP contribution in [0.1, 0.15) is 18.1 Å². The molecule has 122 valence electrons. The number of hydrogen-bond acceptors (Lipinski definition) is 4. The third-order valence-corrected chi connectivity index (χ3v) is 3.50. The van der Waals surface area contributed by atoms with E-state index in [-0.39, 0.29) is 0 Å². The Morgan fingerprint density at radius 3 is 1.83 bits per heavy atom. The van der Waals surface area contributed by atoms with Crippen molar-refractivity contribution in [2.24, 2.45) is 0 Å². The van der Waals surface area contributed by atoms with Gasteiger partial charge < -0.3 is 19.4 Å². The Kier molecular flexibility index (Phi) is 6.94. The molecule has 4 heteroatoms. The van der Waals surface area contributed by atoms with Gasteiger partial charge in [0.05, 0.1) is 19.3 Å². The van der Waals surface area contributed by atoms with E-state index in [1.807, 2.05) is 60.7 Å². The van der Waals surface area contributed by atoms with Gasteiger partial charge in [0.2, 0.25) is 0 Å². The van der Waals surface area contributed by atoms with Crippen molar-refractivity contribution in [1.29, 1.82) is 0 Å². The molecule has 4 nitrogen and oxygen atoms in total. The molecule has 3 atom stereocenters. The topological polar surface area (TPSA) is 55.8 Å². The van der Waals surface area contributed by atoms with Gasteiger partial charge in [0.15, 0.2) is 6.29 Å². The zero-order chi connectivity index (χ0) is 16.5. The third kappa shape index (κ3) is 5.60. The van der Waals surface area contributed by atoms with Gasteiger partial charge in [-0.2, -0.15) is 0 Å². The van der Waals surface area contributed by atoms with Crippen molar-refractivity contribution >= 4 is 6.29 Å². The summed E-state index contributed by atoms with van der Waals surface area (Å²) in [4.78, 5) is 11.4. The molecule has 23 heavy (non-hydrogen) atoms. The van der Waals surface area contributed by atoms with Crippen molar-refractivity contribution in [2.75, 3.05) is 0 Å². The second kappa shape index (κ2) is 9.20. The van der Waals surface area contributed by atoms with Crippen LogP contribution < -0.4 is 0 Å². The molecule has 0 saturated heterocycles. The van der Waals surface area contributed by atoms with Crippen LogP contribution in [0.15, 0.2) is 60.7 Å². The SMILES string of the molecule is C[C@H](O)[C@H](OCc1ccccc1)[C@H](C=O)OCc1ccccc1. The maximum atomic E-state index is 11.4. The predicted octanol–water partition coefficient (Wildman–Crippen LogP) is 2.74. The van der Waals surface area contributed by atoms with E-state index in [1.165, 1.54) is 0 Å². The molecule has 1 N–H and O–H groups in total. The van der Waals surface area contributed by atoms with E-state index in [0.717, 1.165) is 11.1 Å². The number of benzene rings is 2. The van der Waals surface area contributed by atoms with Gasteiger partial charge in [0, 0.05) is 0 Å². The largest absolute Gasteiger partial charge is 0.391 e. The molecule has 0 saturated carbocycles. The van der Waals surface area contributed by atoms with Gasteiger partial charge in [-0.25, -0.2) is 0 Å². The Bertz CT molecular complexity index is 568. The first kappa shape index (κ1) is 17.3. The summed E-state index contributed by atoms with van der Waals surface area (Å²) in [5, 5.41) is 9.92. The molecule has 2 aromatic rings. The highest BCUT2D eigenvalue weighted by Crippen LogP contribution is 2.13. The van der Waals surface area contributed by atoms with Crippen LogP contribution >= 0.6 is 0 Å². The summed E-state index contributed by atoms with van der Waals surface area (Å²) < 4.78 is 11.4. The van der Waals surface area contributed by atoms with Crippen LogP contribution in [-0.4, -0.2) is 29.7 Å². The number of aldehydes is 1. The van der Waals surface area contributed by atoms with Crippen molar-refractivity contribution in [3.8, 4) is 0 Å². The molecule has 0 heterocycles. The maximum absolute atomic E-state index is 11.4. The van der Waals surface area contributed by atoms with Crippen molar-refractivity contribution < 1.29 is 19.4 Å². The second-order valence-corrected chi connectivity index (χ2v) is 5.40. The molecule has 0 amide bonds. The van der Waals surface area contributed by atoms with Crippen LogP contribution in [0.4, 0.5) is 0 Å². The van der Waals surface area contributed by atoms with Gasteiger partial charge in [-0.15, -0.1) is 0 Å². The van der Waals surface area contributed by atoms with Gasteiger partial charge >= 0.3 is 0 Å². The minimum absolute atomic E-state index is 0.294. The Hall–Kier alpha value is -2.01. The van der Waals surface area contributed by atoms with E-state index in [4.69, 9.17) is 9.47 Å². The lowest BCUT2D eigenvalue weighted by Gasteiger charge is -2.26. The highest BCUT2D eigenvalue weighted by Gasteiger charge is 2.27. The van der Waals surface area contributed by atoms with E-state index in [0.29, 0.717) is 19.5 Å². The maximum Gasteiger partial charge on any atom is 0.151 e. The number of aliphatic hydroxyl groups excluding tert-OH is 1. The minimum Gasteiger partial charge on any atom is -0.391 e. The number of carbonyl (C=O) groups is 1. The number of carbonyl (C=O) groups excluding carboxylic acids is 1. The monoisotopic (exact) mass is 314 g/mol. The van der Waals surface area contributed by atoms with E-state index in [1.54, 1.807) is 6.92 Å². The lowest BCUT2D eigenvalue weighted by Crippen LogP contribution is -2.40. The molecule has 0 unspecified atom stereocenters. The zero-order valence-electron chi connectivity index (χ0n) is 13.2. The van der Waals surface area contributed by atoms with Crippen LogP contribution in [0.5, 0.6) is 0 Å². The summed E-state index contributed by atoms with van der Waals surface area (Å²) in [6.45, 7) is 2.20. The first-order valence-corrected chi connectivity index (χ1v) is 7.65. The van der Waals surface area contributed by atoms with Gasteiger partial charge in [-0.3, -0.25) is 0 Å². The first-order valence-electron chi connectivity index (χ1n) is 7.65. The van der Waals surface area contributed by atoms with Crippen molar-refractivity contribution in [1.82, 2.24) is 0 Å². The molecule has 0 fully saturated rings. The summed E-state index contributed by atoms with van der Waals surface area (Å²) in [7, 11) is 0. The quantitative estimate of drug-likeness (QED) is 0.723. The van der Waals surface area contributed by atoms with E-state index in [9.17, 15) is 9.90 Å². The average molecular weight is 314 g/mol. The number of ether oxygens (including phenoxy) is 2. The van der Waals surface area contributed by atoms with Crippen LogP contribution in [0.25, 0.3) is 0 Å². The Balaban J connectivity index is 1.94. The molecule has 2 aromatic carbocycles. The first-order chi connectivity index (χ1) is 11.2. The molecule has 0 spiro atoms. The standard InChI is InChI=1S/C19H22O4/c1-15(21)19(23-14-17-10-6-3-7-11-17)18(12-20)22-13-16-8-4-2-5-9-16/h2-12,15,18-19,21H,13-14H2,1H3/t15-,18-,19-/m0/s1. The summed E-state index contributed by atoms with van der Waals surface area (Å²) in [6, 6.07) is 19.2. The van der Waals surface area contributed by atoms with Crippen LogP contribution in [-0.2, 0) is 27.5 Å². The summed E-state index contributed by atoms with van der Waals surface area (Å²) in [5.74, 6) is 0. The molecule has 0 aliphatic rings. The van der Waals surface area contributed by atoms with Crippen molar-refractivity contribution in [3.63, 3.8) is 0 Å². The van der Waals surface area contributed by atoms with E-state index >= 15 is 0 Å². The van der Waals surface area contributed by atoms with Crippen molar-refractivity contribution in [3.05, 3.63) is 71.8 Å². The molecule has 0 aromatic heterocycles. The Morgan fingerprint density at radius 1 is 0.913 bits per heavy atom. The Morgan fingerprint density at radius 2 is 1.39 bits per heavy atom. The third-order valence-electron chi connectivity index (χ3n) is 3.50. The minimum atomic E-state index is -0.820. The number of rotatable bonds is 9. The number of hydrogen-bond donors (Lipinski definition) is 1. The Labute approximate surface area is 136 Å². The molecular formula is C19H22O4. The van der Waals surface area contributed by atoms with Gasteiger partial charge in [-0.05, 0) is 18.1 Å². The molecule has 0 radical (unpaired) electrons. The smallest absolute Gasteiger partial charge is 0.151 e. The van der Waals surface area contributed by atoms with Crippen LogP contribution in [0.2, 0.25) is 0 Å². The van der Waals surface area contributed by atoms with Crippen molar-refractivity contribution in [2.45, 2.75) is 38.4 Å². The molecule has 2 rings (SSSR count). The molecule has 0 aliphatic heterocycles. The molecule has 0 aliphatic carbocycles. The van der Waals surface area contributed by atoms with Gasteiger partial charge in [0.1, 0.15) is 12.2 Å². The predicted molar refractivity (Wildman–Crippen MR) is 87.8 cm³/mol. The molecular weight excluding hydrogens is 292 g/mol. The molecule has 0 bridgehead atoms. The van der Waals surface area contributed by atoms with Gasteiger partial charge in [-0.1, -0.05) is 60.7 Å². The normalized spacial score (nSPS) is 14.9.